The highest BCUT2D eigenvalue weighted by Gasteiger charge is 1.97. The van der Waals surface area contributed by atoms with E-state index < -0.39 is 0 Å². The van der Waals surface area contributed by atoms with Crippen LogP contribution in [-0.2, 0) is 6.42 Å². The van der Waals surface area contributed by atoms with Gasteiger partial charge in [-0.15, -0.1) is 5.92 Å². The second-order valence-electron chi connectivity index (χ2n) is 3.88. The topological polar surface area (TPSA) is 0 Å². The van der Waals surface area contributed by atoms with E-state index in [1.54, 1.807) is 0 Å². The largest absolute Gasteiger partial charge is 0.101 e. The van der Waals surface area contributed by atoms with Crippen LogP contribution >= 0.6 is 15.9 Å². The molecule has 0 atom stereocenters. The Morgan fingerprint density at radius 2 is 1.76 bits per heavy atom. The lowest BCUT2D eigenvalue weighted by atomic mass is 10.0. The summed E-state index contributed by atoms with van der Waals surface area (Å²) < 4.78 is 1.13. The van der Waals surface area contributed by atoms with Gasteiger partial charge in [0.1, 0.15) is 0 Å². The zero-order chi connectivity index (χ0) is 12.1. The van der Waals surface area contributed by atoms with Gasteiger partial charge in [0, 0.05) is 10.0 Å². The molecule has 0 nitrogen and oxygen atoms in total. The molecule has 0 saturated heterocycles. The molecule has 0 unspecified atom stereocenters. The van der Waals surface area contributed by atoms with Crippen LogP contribution in [0.4, 0.5) is 0 Å². The smallest absolute Gasteiger partial charge is 0.0245 e. The molecule has 0 fully saturated rings. The molecule has 2 aromatic carbocycles. The van der Waals surface area contributed by atoms with Gasteiger partial charge < -0.3 is 0 Å². The van der Waals surface area contributed by atoms with Crippen molar-refractivity contribution in [3.8, 4) is 11.8 Å². The van der Waals surface area contributed by atoms with Gasteiger partial charge >= 0.3 is 0 Å². The van der Waals surface area contributed by atoms with Crippen LogP contribution in [0.2, 0.25) is 0 Å². The van der Waals surface area contributed by atoms with Crippen LogP contribution in [-0.4, -0.2) is 0 Å². The summed E-state index contributed by atoms with van der Waals surface area (Å²) in [7, 11) is 0. The van der Waals surface area contributed by atoms with Crippen LogP contribution in [0.25, 0.3) is 0 Å². The van der Waals surface area contributed by atoms with E-state index in [-0.39, 0.29) is 0 Å². The predicted octanol–water partition coefficient (Wildman–Crippen LogP) is 4.41. The molecule has 17 heavy (non-hydrogen) atoms. The van der Waals surface area contributed by atoms with Crippen molar-refractivity contribution in [2.24, 2.45) is 0 Å². The van der Waals surface area contributed by atoms with Gasteiger partial charge in [-0.1, -0.05) is 46.1 Å². The molecule has 0 aliphatic carbocycles. The Labute approximate surface area is 111 Å². The number of rotatable bonds is 2. The minimum atomic E-state index is 0.958. The van der Waals surface area contributed by atoms with Gasteiger partial charge in [-0.25, -0.2) is 0 Å². The van der Waals surface area contributed by atoms with Crippen LogP contribution < -0.4 is 0 Å². The first kappa shape index (κ1) is 12.0. The molecule has 2 aromatic rings. The van der Waals surface area contributed by atoms with E-state index in [4.69, 9.17) is 0 Å². The Kier molecular flexibility index (Phi) is 4.01. The lowest BCUT2D eigenvalue weighted by Gasteiger charge is -2.02. The monoisotopic (exact) mass is 284 g/mol. The molecular formula is C16H13Br. The van der Waals surface area contributed by atoms with Gasteiger partial charge in [-0.05, 0) is 48.7 Å². The minimum Gasteiger partial charge on any atom is -0.101 e. The van der Waals surface area contributed by atoms with Crippen LogP contribution in [0.15, 0.2) is 53.0 Å². The summed E-state index contributed by atoms with van der Waals surface area (Å²) in [6.45, 7) is 1.86. The van der Waals surface area contributed by atoms with Crippen molar-refractivity contribution in [1.82, 2.24) is 0 Å². The van der Waals surface area contributed by atoms with Crippen LogP contribution in [0.3, 0.4) is 0 Å². The van der Waals surface area contributed by atoms with Crippen LogP contribution in [0, 0.1) is 11.8 Å². The Balaban J connectivity index is 2.15. The van der Waals surface area contributed by atoms with Crippen LogP contribution in [0.1, 0.15) is 23.6 Å². The first-order valence-corrected chi connectivity index (χ1v) is 6.33. The second kappa shape index (κ2) is 5.70. The number of benzene rings is 2. The first-order chi connectivity index (χ1) is 8.28. The summed E-state index contributed by atoms with van der Waals surface area (Å²) in [5, 5.41) is 0. The Morgan fingerprint density at radius 3 is 2.41 bits per heavy atom. The highest BCUT2D eigenvalue weighted by atomic mass is 79.9. The molecular weight excluding hydrogens is 272 g/mol. The third kappa shape index (κ3) is 3.47. The van der Waals surface area contributed by atoms with Crippen molar-refractivity contribution in [1.29, 1.82) is 0 Å². The number of hydrogen-bond donors (Lipinski definition) is 0. The molecule has 0 heterocycles. The molecule has 0 saturated carbocycles. The highest BCUT2D eigenvalue weighted by molar-refractivity contribution is 9.10. The lowest BCUT2D eigenvalue weighted by molar-refractivity contribution is 1.19. The second-order valence-corrected chi connectivity index (χ2v) is 4.79. The molecule has 0 N–H and O–H groups in total. The third-order valence-electron chi connectivity index (χ3n) is 2.52. The maximum atomic E-state index is 3.49. The zero-order valence-electron chi connectivity index (χ0n) is 9.70. The molecule has 0 aliphatic heterocycles. The van der Waals surface area contributed by atoms with Gasteiger partial charge in [-0.2, -0.15) is 0 Å². The van der Waals surface area contributed by atoms with E-state index >= 15 is 0 Å². The summed E-state index contributed by atoms with van der Waals surface area (Å²) in [6.07, 6.45) is 0.958. The molecule has 84 valence electrons. The van der Waals surface area contributed by atoms with Crippen molar-refractivity contribution in [3.05, 3.63) is 69.7 Å². The fraction of sp³-hybridized carbons (Fsp3) is 0.125. The Bertz CT molecular complexity index is 556. The van der Waals surface area contributed by atoms with E-state index in [0.717, 1.165) is 16.5 Å². The van der Waals surface area contributed by atoms with E-state index in [2.05, 4.69) is 70.2 Å². The average molecular weight is 285 g/mol. The summed E-state index contributed by atoms with van der Waals surface area (Å²) in [4.78, 5) is 0. The summed E-state index contributed by atoms with van der Waals surface area (Å²) in [6, 6.07) is 16.8. The molecule has 2 rings (SSSR count). The lowest BCUT2D eigenvalue weighted by Crippen LogP contribution is -1.88. The third-order valence-corrected chi connectivity index (χ3v) is 3.01. The van der Waals surface area contributed by atoms with E-state index in [1.165, 1.54) is 11.1 Å². The predicted molar refractivity (Wildman–Crippen MR) is 75.9 cm³/mol. The minimum absolute atomic E-state index is 0.958. The maximum Gasteiger partial charge on any atom is 0.0245 e. The van der Waals surface area contributed by atoms with Gasteiger partial charge in [-0.3, -0.25) is 0 Å². The zero-order valence-corrected chi connectivity index (χ0v) is 11.3. The number of halogens is 1. The number of hydrogen-bond acceptors (Lipinski definition) is 0. The molecule has 0 aromatic heterocycles. The quantitative estimate of drug-likeness (QED) is 0.717. The SMILES string of the molecule is CC#Cc1ccc(Cc2cccc(Br)c2)cc1. The van der Waals surface area contributed by atoms with E-state index in [1.807, 2.05) is 13.0 Å². The maximum absolute atomic E-state index is 3.49. The fourth-order valence-corrected chi connectivity index (χ4v) is 2.18. The van der Waals surface area contributed by atoms with E-state index in [9.17, 15) is 0 Å². The van der Waals surface area contributed by atoms with E-state index in [0.29, 0.717) is 0 Å². The molecule has 0 spiro atoms. The van der Waals surface area contributed by atoms with Crippen molar-refractivity contribution in [2.75, 3.05) is 0 Å². The van der Waals surface area contributed by atoms with Crippen molar-refractivity contribution >= 4 is 15.9 Å². The Hall–Kier alpha value is -1.52. The van der Waals surface area contributed by atoms with Gasteiger partial charge in [0.05, 0.1) is 0 Å². The summed E-state index contributed by atoms with van der Waals surface area (Å²) in [5.74, 6) is 5.95. The van der Waals surface area contributed by atoms with Crippen molar-refractivity contribution in [2.45, 2.75) is 13.3 Å². The van der Waals surface area contributed by atoms with Crippen LogP contribution in [0.5, 0.6) is 0 Å². The first-order valence-electron chi connectivity index (χ1n) is 5.54. The normalized spacial score (nSPS) is 9.53. The molecule has 1 heteroatoms. The Morgan fingerprint density at radius 1 is 1.00 bits per heavy atom. The van der Waals surface area contributed by atoms with Crippen molar-refractivity contribution in [3.63, 3.8) is 0 Å². The highest BCUT2D eigenvalue weighted by Crippen LogP contribution is 2.15. The van der Waals surface area contributed by atoms with Gasteiger partial charge in [0.25, 0.3) is 0 Å². The fourth-order valence-electron chi connectivity index (χ4n) is 1.73. The molecule has 0 bridgehead atoms. The molecule has 0 amide bonds. The summed E-state index contributed by atoms with van der Waals surface area (Å²) >= 11 is 3.49. The van der Waals surface area contributed by atoms with Gasteiger partial charge in [0.15, 0.2) is 0 Å². The molecule has 0 aliphatic rings. The summed E-state index contributed by atoms with van der Waals surface area (Å²) in [5.41, 5.74) is 3.70. The molecule has 0 radical (unpaired) electrons. The van der Waals surface area contributed by atoms with Crippen molar-refractivity contribution < 1.29 is 0 Å². The average Bonchev–Trinajstić information content (AvgIpc) is 2.32. The van der Waals surface area contributed by atoms with Gasteiger partial charge in [0.2, 0.25) is 0 Å². The standard InChI is InChI=1S/C16H13Br/c1-2-4-13-7-9-14(10-8-13)11-15-5-3-6-16(17)12-15/h3,5-10,12H,11H2,1H3.